The second kappa shape index (κ2) is 6.60. The van der Waals surface area contributed by atoms with Gasteiger partial charge in [0, 0.05) is 21.3 Å². The van der Waals surface area contributed by atoms with E-state index in [1.54, 1.807) is 21.3 Å². The molecule has 0 unspecified atom stereocenters. The van der Waals surface area contributed by atoms with Crippen LogP contribution in [-0.4, -0.2) is 68.6 Å². The fourth-order valence-corrected chi connectivity index (χ4v) is 3.00. The topological polar surface area (TPSA) is 27.7 Å². The number of methoxy groups -OCH3 is 3. The molecule has 0 aliphatic carbocycles. The number of rotatable bonds is 8. The Bertz CT molecular complexity index is 158. The second-order valence-corrected chi connectivity index (χ2v) is 6.84. The molecule has 92 valence electrons. The van der Waals surface area contributed by atoms with Crippen molar-refractivity contribution in [3.05, 3.63) is 0 Å². The molecule has 0 saturated heterocycles. The van der Waals surface area contributed by atoms with E-state index in [9.17, 15) is 0 Å². The molecule has 0 aliphatic heterocycles. The van der Waals surface area contributed by atoms with Gasteiger partial charge in [0.2, 0.25) is 5.60 Å². The van der Waals surface area contributed by atoms with Crippen LogP contribution in [0.1, 0.15) is 6.42 Å². The summed E-state index contributed by atoms with van der Waals surface area (Å²) in [5, 5.41) is 0. The maximum absolute atomic E-state index is 5.28. The summed E-state index contributed by atoms with van der Waals surface area (Å²) in [6.45, 7) is 1.18. The van der Waals surface area contributed by atoms with Crippen LogP contribution in [0.2, 0.25) is 6.04 Å². The first-order valence-electron chi connectivity index (χ1n) is 5.35. The van der Waals surface area contributed by atoms with Crippen LogP contribution in [0.4, 0.5) is 0 Å². The molecule has 15 heavy (non-hydrogen) atoms. The summed E-state index contributed by atoms with van der Waals surface area (Å²) in [4.78, 5) is 0. The van der Waals surface area contributed by atoms with Crippen LogP contribution in [0.3, 0.4) is 0 Å². The fourth-order valence-electron chi connectivity index (χ4n) is 1.48. The molecule has 4 nitrogen and oxygen atoms in total. The Morgan fingerprint density at radius 1 is 1.00 bits per heavy atom. The van der Waals surface area contributed by atoms with Crippen molar-refractivity contribution in [3.63, 3.8) is 0 Å². The second-order valence-electron chi connectivity index (χ2n) is 4.77. The minimum Gasteiger partial charge on any atom is -0.335 e. The van der Waals surface area contributed by atoms with Gasteiger partial charge in [0.25, 0.3) is 0 Å². The average Bonchev–Trinajstić information content (AvgIpc) is 2.18. The summed E-state index contributed by atoms with van der Waals surface area (Å²) in [7, 11) is 11.0. The molecule has 0 radical (unpaired) electrons. The molecule has 0 amide bonds. The summed E-state index contributed by atoms with van der Waals surface area (Å²) in [6.07, 6.45) is 1.20. The largest absolute Gasteiger partial charge is 0.335 e. The molecule has 0 atom stereocenters. The van der Waals surface area contributed by atoms with Gasteiger partial charge in [-0.2, -0.15) is 0 Å². The van der Waals surface area contributed by atoms with Crippen LogP contribution < -0.4 is 0 Å². The van der Waals surface area contributed by atoms with Gasteiger partial charge in [-0.05, 0) is 12.5 Å². The summed E-state index contributed by atoms with van der Waals surface area (Å²) < 4.78 is 16.9. The van der Waals surface area contributed by atoms with Crippen molar-refractivity contribution in [1.82, 2.24) is 0 Å². The maximum atomic E-state index is 5.28. The van der Waals surface area contributed by atoms with Gasteiger partial charge in [-0.25, -0.2) is 0 Å². The standard InChI is InChI=1S/C10H26NO3Si/c1-11(2,3)8-7-9-15-10(12-4,13-5)14-6/h7-9,15H2,1-6H3/q+1. The molecule has 0 aliphatic rings. The third-order valence-corrected chi connectivity index (χ3v) is 4.83. The van der Waals surface area contributed by atoms with Crippen molar-refractivity contribution in [2.24, 2.45) is 0 Å². The molecule has 5 heteroatoms. The van der Waals surface area contributed by atoms with Gasteiger partial charge in [0.05, 0.1) is 27.7 Å². The third kappa shape index (κ3) is 6.27. The summed E-state index contributed by atoms with van der Waals surface area (Å²) in [5.74, 6) is 0. The molecule has 0 aromatic rings. The van der Waals surface area contributed by atoms with E-state index in [2.05, 4.69) is 21.1 Å². The van der Waals surface area contributed by atoms with Gasteiger partial charge in [0.15, 0.2) is 0 Å². The smallest absolute Gasteiger partial charge is 0.248 e. The first-order chi connectivity index (χ1) is 6.89. The predicted octanol–water partition coefficient (Wildman–Crippen LogP) is 0.220. The highest BCUT2D eigenvalue weighted by Gasteiger charge is 2.28. The molecular weight excluding hydrogens is 210 g/mol. The summed E-state index contributed by atoms with van der Waals surface area (Å²) in [5.41, 5.74) is -0.717. The van der Waals surface area contributed by atoms with Crippen molar-refractivity contribution >= 4 is 9.52 Å². The Morgan fingerprint density at radius 3 is 1.80 bits per heavy atom. The Hall–Kier alpha value is 0.0569. The van der Waals surface area contributed by atoms with Crippen LogP contribution in [0, 0.1) is 0 Å². The van der Waals surface area contributed by atoms with Crippen molar-refractivity contribution in [1.29, 1.82) is 0 Å². The molecule has 0 N–H and O–H groups in total. The highest BCUT2D eigenvalue weighted by Crippen LogP contribution is 2.13. The monoisotopic (exact) mass is 236 g/mol. The minimum atomic E-state index is -0.717. The van der Waals surface area contributed by atoms with Gasteiger partial charge in [-0.1, -0.05) is 0 Å². The summed E-state index contributed by atoms with van der Waals surface area (Å²) >= 11 is 0. The maximum Gasteiger partial charge on any atom is 0.248 e. The molecule has 0 bridgehead atoms. The molecule has 0 aromatic heterocycles. The van der Waals surface area contributed by atoms with Crippen LogP contribution in [0.25, 0.3) is 0 Å². The zero-order valence-corrected chi connectivity index (χ0v) is 12.4. The summed E-state index contributed by atoms with van der Waals surface area (Å²) in [6, 6.07) is 1.17. The number of hydrogen-bond donors (Lipinski definition) is 0. The van der Waals surface area contributed by atoms with Crippen LogP contribution in [0.5, 0.6) is 0 Å². The zero-order chi connectivity index (χ0) is 11.9. The van der Waals surface area contributed by atoms with E-state index in [4.69, 9.17) is 14.2 Å². The van der Waals surface area contributed by atoms with Crippen LogP contribution in [-0.2, 0) is 14.2 Å². The van der Waals surface area contributed by atoms with E-state index in [1.807, 2.05) is 0 Å². The lowest BCUT2D eigenvalue weighted by molar-refractivity contribution is -0.870. The quantitative estimate of drug-likeness (QED) is 0.261. The third-order valence-electron chi connectivity index (χ3n) is 2.49. The van der Waals surface area contributed by atoms with Gasteiger partial charge in [-0.15, -0.1) is 0 Å². The van der Waals surface area contributed by atoms with Gasteiger partial charge in [0.1, 0.15) is 9.52 Å². The van der Waals surface area contributed by atoms with Crippen molar-refractivity contribution in [2.45, 2.75) is 18.1 Å². The minimum absolute atomic E-state index is 0.527. The lowest BCUT2D eigenvalue weighted by Crippen LogP contribution is -2.43. The highest BCUT2D eigenvalue weighted by atomic mass is 28.2. The van der Waals surface area contributed by atoms with E-state index < -0.39 is 15.1 Å². The lowest BCUT2D eigenvalue weighted by atomic mass is 10.4. The van der Waals surface area contributed by atoms with Gasteiger partial charge < -0.3 is 18.7 Å². The predicted molar refractivity (Wildman–Crippen MR) is 64.6 cm³/mol. The van der Waals surface area contributed by atoms with Gasteiger partial charge in [-0.3, -0.25) is 0 Å². The lowest BCUT2D eigenvalue weighted by Gasteiger charge is -2.29. The number of quaternary nitrogens is 1. The molecule has 0 aromatic carbocycles. The van der Waals surface area contributed by atoms with Crippen LogP contribution in [0.15, 0.2) is 0 Å². The number of ether oxygens (including phenoxy) is 3. The van der Waals surface area contributed by atoms with E-state index in [1.165, 1.54) is 19.0 Å². The molecular formula is C10H26NO3Si+. The van der Waals surface area contributed by atoms with E-state index >= 15 is 0 Å². The highest BCUT2D eigenvalue weighted by molar-refractivity contribution is 6.38. The van der Waals surface area contributed by atoms with E-state index in [0.717, 1.165) is 4.48 Å². The average molecular weight is 236 g/mol. The Balaban J connectivity index is 3.82. The van der Waals surface area contributed by atoms with Crippen LogP contribution >= 0.6 is 0 Å². The van der Waals surface area contributed by atoms with Gasteiger partial charge >= 0.3 is 0 Å². The molecule has 0 rings (SSSR count). The molecule has 0 spiro atoms. The molecule has 0 heterocycles. The number of hydrogen-bond acceptors (Lipinski definition) is 3. The Labute approximate surface area is 95.9 Å². The Morgan fingerprint density at radius 2 is 1.47 bits per heavy atom. The van der Waals surface area contributed by atoms with Crippen molar-refractivity contribution in [2.75, 3.05) is 49.0 Å². The first kappa shape index (κ1) is 15.1. The van der Waals surface area contributed by atoms with E-state index in [0.29, 0.717) is 0 Å². The van der Waals surface area contributed by atoms with E-state index in [-0.39, 0.29) is 0 Å². The van der Waals surface area contributed by atoms with Crippen molar-refractivity contribution < 1.29 is 18.7 Å². The Kier molecular flexibility index (Phi) is 6.62. The number of nitrogens with zero attached hydrogens (tertiary/aromatic N) is 1. The SMILES string of the molecule is COC(OC)(OC)[SiH2]CCC[N+](C)(C)C. The zero-order valence-electron chi connectivity index (χ0n) is 11.0. The first-order valence-corrected chi connectivity index (χ1v) is 7.06. The molecule has 0 saturated carbocycles. The normalized spacial score (nSPS) is 14.0. The molecule has 0 fully saturated rings. The fraction of sp³-hybridized carbons (Fsp3) is 1.00. The van der Waals surface area contributed by atoms with Crippen molar-refractivity contribution in [3.8, 4) is 0 Å².